The number of allylic oxidation sites excluding steroid dienone is 3. The lowest BCUT2D eigenvalue weighted by atomic mass is 10.1. The number of hydrogen-bond acceptors (Lipinski definition) is 1. The van der Waals surface area contributed by atoms with E-state index in [4.69, 9.17) is 0 Å². The predicted molar refractivity (Wildman–Crippen MR) is 77.3 cm³/mol. The molecule has 0 aromatic heterocycles. The van der Waals surface area contributed by atoms with Crippen molar-refractivity contribution in [2.45, 2.75) is 41.0 Å². The van der Waals surface area contributed by atoms with Gasteiger partial charge in [-0.3, -0.25) is 0 Å². The van der Waals surface area contributed by atoms with Gasteiger partial charge in [0.05, 0.1) is 0 Å². The second-order valence-corrected chi connectivity index (χ2v) is 4.73. The first-order valence-electron chi connectivity index (χ1n) is 6.22. The Kier molecular flexibility index (Phi) is 5.02. The topological polar surface area (TPSA) is 12.0 Å². The number of anilines is 1. The van der Waals surface area contributed by atoms with Gasteiger partial charge in [0.15, 0.2) is 0 Å². The summed E-state index contributed by atoms with van der Waals surface area (Å²) in [6, 6.07) is 6.54. The number of aryl methyl sites for hydroxylation is 2. The van der Waals surface area contributed by atoms with Crippen LogP contribution < -0.4 is 5.32 Å². The van der Waals surface area contributed by atoms with Crippen LogP contribution in [0.2, 0.25) is 0 Å². The molecule has 0 aliphatic carbocycles. The summed E-state index contributed by atoms with van der Waals surface area (Å²) < 4.78 is 0. The van der Waals surface area contributed by atoms with Gasteiger partial charge >= 0.3 is 0 Å². The minimum Gasteiger partial charge on any atom is -0.356 e. The summed E-state index contributed by atoms with van der Waals surface area (Å²) in [6.45, 7) is 10.7. The number of nitrogens with one attached hydrogen (secondary N) is 1. The molecule has 0 atom stereocenters. The van der Waals surface area contributed by atoms with E-state index in [2.05, 4.69) is 70.3 Å². The highest BCUT2D eigenvalue weighted by atomic mass is 14.9. The molecule has 92 valence electrons. The van der Waals surface area contributed by atoms with E-state index in [1.165, 1.54) is 28.1 Å². The molecule has 0 spiro atoms. The summed E-state index contributed by atoms with van der Waals surface area (Å²) in [7, 11) is 0. The molecule has 1 rings (SSSR count). The molecule has 0 aliphatic rings. The molecule has 1 aromatic carbocycles. The lowest BCUT2D eigenvalue weighted by molar-refractivity contribution is 1.20. The fraction of sp³-hybridized carbons (Fsp3) is 0.375. The molecule has 0 saturated heterocycles. The van der Waals surface area contributed by atoms with Crippen molar-refractivity contribution in [3.63, 3.8) is 0 Å². The van der Waals surface area contributed by atoms with Crippen LogP contribution >= 0.6 is 0 Å². The van der Waals surface area contributed by atoms with Crippen LogP contribution in [0, 0.1) is 13.8 Å². The van der Waals surface area contributed by atoms with Crippen molar-refractivity contribution in [1.82, 2.24) is 0 Å². The van der Waals surface area contributed by atoms with Gasteiger partial charge in [0.1, 0.15) is 0 Å². The SMILES string of the molecule is CC/C=C\C(Nc1cc(C)cc(C)c1)=C(C)C. The van der Waals surface area contributed by atoms with E-state index >= 15 is 0 Å². The summed E-state index contributed by atoms with van der Waals surface area (Å²) in [5.41, 5.74) is 6.24. The molecule has 0 heterocycles. The highest BCUT2D eigenvalue weighted by Gasteiger charge is 1.99. The Labute approximate surface area is 105 Å². The van der Waals surface area contributed by atoms with Gasteiger partial charge in [-0.05, 0) is 63.5 Å². The van der Waals surface area contributed by atoms with Crippen LogP contribution in [-0.2, 0) is 0 Å². The Balaban J connectivity index is 2.95. The molecule has 1 nitrogen and oxygen atoms in total. The van der Waals surface area contributed by atoms with Crippen LogP contribution in [0.1, 0.15) is 38.3 Å². The fourth-order valence-electron chi connectivity index (χ4n) is 1.77. The largest absolute Gasteiger partial charge is 0.356 e. The zero-order valence-electron chi connectivity index (χ0n) is 11.6. The third kappa shape index (κ3) is 4.48. The molecule has 0 bridgehead atoms. The number of hydrogen-bond donors (Lipinski definition) is 1. The lowest BCUT2D eigenvalue weighted by Gasteiger charge is -2.11. The highest BCUT2D eigenvalue weighted by molar-refractivity contribution is 5.54. The maximum atomic E-state index is 3.49. The maximum Gasteiger partial charge on any atom is 0.0389 e. The summed E-state index contributed by atoms with van der Waals surface area (Å²) in [5.74, 6) is 0. The smallest absolute Gasteiger partial charge is 0.0389 e. The van der Waals surface area contributed by atoms with E-state index < -0.39 is 0 Å². The van der Waals surface area contributed by atoms with Crippen molar-refractivity contribution >= 4 is 5.69 Å². The molecular formula is C16H23N. The van der Waals surface area contributed by atoms with Crippen LogP contribution in [0.3, 0.4) is 0 Å². The molecular weight excluding hydrogens is 206 g/mol. The average Bonchev–Trinajstić information content (AvgIpc) is 2.22. The van der Waals surface area contributed by atoms with Gasteiger partial charge in [-0.1, -0.05) is 24.6 Å². The molecule has 1 N–H and O–H groups in total. The second kappa shape index (κ2) is 6.29. The van der Waals surface area contributed by atoms with E-state index in [1.807, 2.05) is 0 Å². The Morgan fingerprint density at radius 2 is 1.71 bits per heavy atom. The van der Waals surface area contributed by atoms with Crippen molar-refractivity contribution in [3.05, 3.63) is 52.7 Å². The fourth-order valence-corrected chi connectivity index (χ4v) is 1.77. The number of benzene rings is 1. The van der Waals surface area contributed by atoms with Crippen molar-refractivity contribution in [2.24, 2.45) is 0 Å². The predicted octanol–water partition coefficient (Wildman–Crippen LogP) is 4.98. The van der Waals surface area contributed by atoms with Crippen LogP contribution in [0.15, 0.2) is 41.6 Å². The molecule has 17 heavy (non-hydrogen) atoms. The molecule has 0 radical (unpaired) electrons. The molecule has 0 amide bonds. The summed E-state index contributed by atoms with van der Waals surface area (Å²) in [4.78, 5) is 0. The Morgan fingerprint density at radius 3 is 2.18 bits per heavy atom. The van der Waals surface area contributed by atoms with Gasteiger partial charge in [0.2, 0.25) is 0 Å². The van der Waals surface area contributed by atoms with E-state index in [9.17, 15) is 0 Å². The molecule has 1 heteroatoms. The van der Waals surface area contributed by atoms with Crippen molar-refractivity contribution in [3.8, 4) is 0 Å². The Bertz CT molecular complexity index is 415. The van der Waals surface area contributed by atoms with Gasteiger partial charge in [0, 0.05) is 11.4 Å². The van der Waals surface area contributed by atoms with Gasteiger partial charge in [0.25, 0.3) is 0 Å². The first-order valence-corrected chi connectivity index (χ1v) is 6.22. The van der Waals surface area contributed by atoms with E-state index in [0.29, 0.717) is 0 Å². The van der Waals surface area contributed by atoms with Gasteiger partial charge in [-0.25, -0.2) is 0 Å². The zero-order valence-corrected chi connectivity index (χ0v) is 11.6. The quantitative estimate of drug-likeness (QED) is 0.718. The van der Waals surface area contributed by atoms with Gasteiger partial charge < -0.3 is 5.32 Å². The minimum atomic E-state index is 1.06. The van der Waals surface area contributed by atoms with Crippen LogP contribution in [0.5, 0.6) is 0 Å². The zero-order chi connectivity index (χ0) is 12.8. The van der Waals surface area contributed by atoms with E-state index in [0.717, 1.165) is 6.42 Å². The molecule has 1 aromatic rings. The Morgan fingerprint density at radius 1 is 1.12 bits per heavy atom. The van der Waals surface area contributed by atoms with E-state index in [1.54, 1.807) is 0 Å². The minimum absolute atomic E-state index is 1.06. The summed E-state index contributed by atoms with van der Waals surface area (Å²) in [6.07, 6.45) is 5.40. The molecule has 0 aliphatic heterocycles. The highest BCUT2D eigenvalue weighted by Crippen LogP contribution is 2.17. The van der Waals surface area contributed by atoms with Crippen LogP contribution in [-0.4, -0.2) is 0 Å². The Hall–Kier alpha value is -1.50. The van der Waals surface area contributed by atoms with Crippen molar-refractivity contribution < 1.29 is 0 Å². The van der Waals surface area contributed by atoms with Gasteiger partial charge in [-0.2, -0.15) is 0 Å². The molecule has 0 unspecified atom stereocenters. The first-order chi connectivity index (χ1) is 8.02. The lowest BCUT2D eigenvalue weighted by Crippen LogP contribution is -1.99. The van der Waals surface area contributed by atoms with Crippen molar-refractivity contribution in [1.29, 1.82) is 0 Å². The van der Waals surface area contributed by atoms with Crippen molar-refractivity contribution in [2.75, 3.05) is 5.32 Å². The standard InChI is InChI=1S/C16H23N/c1-6-7-8-16(12(2)3)17-15-10-13(4)9-14(5)11-15/h7-11,17H,6H2,1-5H3/b8-7-. The monoisotopic (exact) mass is 229 g/mol. The normalized spacial score (nSPS) is 10.6. The van der Waals surface area contributed by atoms with Gasteiger partial charge in [-0.15, -0.1) is 0 Å². The summed E-state index contributed by atoms with van der Waals surface area (Å²) in [5, 5.41) is 3.49. The molecule has 0 saturated carbocycles. The second-order valence-electron chi connectivity index (χ2n) is 4.73. The third-order valence-corrected chi connectivity index (χ3v) is 2.56. The first kappa shape index (κ1) is 13.6. The van der Waals surface area contributed by atoms with E-state index in [-0.39, 0.29) is 0 Å². The molecule has 0 fully saturated rings. The average molecular weight is 229 g/mol. The third-order valence-electron chi connectivity index (χ3n) is 2.56. The maximum absolute atomic E-state index is 3.49. The summed E-state index contributed by atoms with van der Waals surface area (Å²) >= 11 is 0. The van der Waals surface area contributed by atoms with Crippen LogP contribution in [0.4, 0.5) is 5.69 Å². The van der Waals surface area contributed by atoms with Crippen LogP contribution in [0.25, 0.3) is 0 Å². The number of rotatable bonds is 4.